The topological polar surface area (TPSA) is 26.3 Å². The molecule has 1 fully saturated rings. The van der Waals surface area contributed by atoms with E-state index in [1.165, 1.54) is 5.56 Å². The van der Waals surface area contributed by atoms with Gasteiger partial charge in [-0.25, -0.2) is 0 Å². The molecule has 0 N–H and O–H groups in total. The van der Waals surface area contributed by atoms with E-state index >= 15 is 0 Å². The van der Waals surface area contributed by atoms with Crippen LogP contribution in [0.5, 0.6) is 0 Å². The predicted octanol–water partition coefficient (Wildman–Crippen LogP) is 3.91. The molecule has 108 valence electrons. The molecule has 1 saturated heterocycles. The molecular formula is C18H17ClO2. The zero-order valence-corrected chi connectivity index (χ0v) is 12.4. The average molecular weight is 301 g/mol. The Kier molecular flexibility index (Phi) is 4.26. The van der Waals surface area contributed by atoms with E-state index in [1.807, 2.05) is 42.5 Å². The quantitative estimate of drug-likeness (QED) is 0.800. The Labute approximate surface area is 129 Å². The van der Waals surface area contributed by atoms with Crippen molar-refractivity contribution in [2.45, 2.75) is 12.8 Å². The molecule has 2 nitrogen and oxygen atoms in total. The van der Waals surface area contributed by atoms with E-state index in [0.29, 0.717) is 13.0 Å². The van der Waals surface area contributed by atoms with Crippen LogP contribution in [0.15, 0.2) is 54.6 Å². The Morgan fingerprint density at radius 2 is 1.71 bits per heavy atom. The van der Waals surface area contributed by atoms with Gasteiger partial charge in [0.15, 0.2) is 0 Å². The van der Waals surface area contributed by atoms with Gasteiger partial charge in [-0.3, -0.25) is 4.79 Å². The van der Waals surface area contributed by atoms with Crippen molar-refractivity contribution in [2.24, 2.45) is 11.8 Å². The molecule has 3 heteroatoms. The van der Waals surface area contributed by atoms with Crippen molar-refractivity contribution < 1.29 is 9.53 Å². The van der Waals surface area contributed by atoms with Crippen LogP contribution in [-0.4, -0.2) is 12.6 Å². The molecule has 0 aromatic heterocycles. The van der Waals surface area contributed by atoms with Gasteiger partial charge in [0, 0.05) is 10.9 Å². The maximum atomic E-state index is 12.0. The number of carbonyl (C=O) groups is 1. The van der Waals surface area contributed by atoms with E-state index in [2.05, 4.69) is 12.1 Å². The Morgan fingerprint density at radius 3 is 2.48 bits per heavy atom. The highest BCUT2D eigenvalue weighted by molar-refractivity contribution is 6.31. The number of halogens is 1. The number of ether oxygens (including phenoxy) is 1. The smallest absolute Gasteiger partial charge is 0.309 e. The second-order valence-corrected chi connectivity index (χ2v) is 5.89. The van der Waals surface area contributed by atoms with Crippen LogP contribution in [-0.2, 0) is 22.4 Å². The SMILES string of the molecule is O=C1OC[C@H](Cc2ccccc2)[C@H]1Cc1ccccc1Cl. The summed E-state index contributed by atoms with van der Waals surface area (Å²) in [6.07, 6.45) is 1.51. The van der Waals surface area contributed by atoms with Gasteiger partial charge < -0.3 is 4.74 Å². The summed E-state index contributed by atoms with van der Waals surface area (Å²) in [5, 5.41) is 0.718. The third-order valence-electron chi connectivity index (χ3n) is 4.05. The van der Waals surface area contributed by atoms with Crippen LogP contribution in [0, 0.1) is 11.8 Å². The van der Waals surface area contributed by atoms with Gasteiger partial charge >= 0.3 is 5.97 Å². The maximum absolute atomic E-state index is 12.0. The lowest BCUT2D eigenvalue weighted by Crippen LogP contribution is -2.20. The van der Waals surface area contributed by atoms with Crippen molar-refractivity contribution in [3.63, 3.8) is 0 Å². The van der Waals surface area contributed by atoms with Crippen LogP contribution in [0.1, 0.15) is 11.1 Å². The Morgan fingerprint density at radius 1 is 1.00 bits per heavy atom. The molecule has 0 radical (unpaired) electrons. The summed E-state index contributed by atoms with van der Waals surface area (Å²) < 4.78 is 5.28. The fourth-order valence-electron chi connectivity index (χ4n) is 2.87. The van der Waals surface area contributed by atoms with Crippen LogP contribution in [0.4, 0.5) is 0 Å². The van der Waals surface area contributed by atoms with Crippen molar-refractivity contribution in [3.8, 4) is 0 Å². The van der Waals surface area contributed by atoms with Crippen LogP contribution in [0.25, 0.3) is 0 Å². The van der Waals surface area contributed by atoms with Crippen molar-refractivity contribution in [1.82, 2.24) is 0 Å². The van der Waals surface area contributed by atoms with Gasteiger partial charge in [-0.05, 0) is 30.0 Å². The zero-order chi connectivity index (χ0) is 14.7. The second kappa shape index (κ2) is 6.31. The normalized spacial score (nSPS) is 21.3. The highest BCUT2D eigenvalue weighted by atomic mass is 35.5. The molecule has 21 heavy (non-hydrogen) atoms. The molecule has 1 aliphatic rings. The lowest BCUT2D eigenvalue weighted by molar-refractivity contribution is -0.141. The van der Waals surface area contributed by atoms with E-state index in [-0.39, 0.29) is 17.8 Å². The van der Waals surface area contributed by atoms with E-state index in [4.69, 9.17) is 16.3 Å². The molecule has 2 atom stereocenters. The van der Waals surface area contributed by atoms with Gasteiger partial charge in [0.05, 0.1) is 12.5 Å². The standard InChI is InChI=1S/C18H17ClO2/c19-17-9-5-4-8-14(17)11-16-15(12-21-18(16)20)10-13-6-2-1-3-7-13/h1-9,15-16H,10-12H2/t15-,16+/m0/s1. The first-order valence-corrected chi connectivity index (χ1v) is 7.56. The molecule has 0 unspecified atom stereocenters. The minimum atomic E-state index is -0.106. The van der Waals surface area contributed by atoms with Crippen molar-refractivity contribution in [3.05, 3.63) is 70.7 Å². The Balaban J connectivity index is 1.75. The monoisotopic (exact) mass is 300 g/mol. The summed E-state index contributed by atoms with van der Waals surface area (Å²) in [6.45, 7) is 0.503. The third-order valence-corrected chi connectivity index (χ3v) is 4.42. The summed E-state index contributed by atoms with van der Waals surface area (Å²) >= 11 is 6.21. The minimum absolute atomic E-state index is 0.101. The number of hydrogen-bond acceptors (Lipinski definition) is 2. The predicted molar refractivity (Wildman–Crippen MR) is 83.2 cm³/mol. The maximum Gasteiger partial charge on any atom is 0.309 e. The fourth-order valence-corrected chi connectivity index (χ4v) is 3.09. The number of esters is 1. The number of rotatable bonds is 4. The molecule has 3 rings (SSSR count). The van der Waals surface area contributed by atoms with Gasteiger partial charge in [0.2, 0.25) is 0 Å². The fraction of sp³-hybridized carbons (Fsp3) is 0.278. The van der Waals surface area contributed by atoms with Gasteiger partial charge in [-0.2, -0.15) is 0 Å². The van der Waals surface area contributed by atoms with Gasteiger partial charge in [-0.1, -0.05) is 60.1 Å². The molecule has 0 bridgehead atoms. The number of cyclic esters (lactones) is 1. The Hall–Kier alpha value is -1.80. The van der Waals surface area contributed by atoms with Crippen molar-refractivity contribution >= 4 is 17.6 Å². The summed E-state index contributed by atoms with van der Waals surface area (Å²) in [5.41, 5.74) is 2.26. The molecular weight excluding hydrogens is 284 g/mol. The lowest BCUT2D eigenvalue weighted by atomic mass is 9.85. The van der Waals surface area contributed by atoms with E-state index in [1.54, 1.807) is 0 Å². The number of hydrogen-bond donors (Lipinski definition) is 0. The molecule has 0 spiro atoms. The van der Waals surface area contributed by atoms with Crippen LogP contribution in [0.2, 0.25) is 5.02 Å². The second-order valence-electron chi connectivity index (χ2n) is 5.48. The van der Waals surface area contributed by atoms with Gasteiger partial charge in [0.1, 0.15) is 0 Å². The summed E-state index contributed by atoms with van der Waals surface area (Å²) in [7, 11) is 0. The first kappa shape index (κ1) is 14.2. The summed E-state index contributed by atoms with van der Waals surface area (Å²) in [6, 6.07) is 17.9. The molecule has 2 aromatic rings. The van der Waals surface area contributed by atoms with Crippen LogP contribution in [0.3, 0.4) is 0 Å². The zero-order valence-electron chi connectivity index (χ0n) is 11.7. The first-order chi connectivity index (χ1) is 10.2. The van der Waals surface area contributed by atoms with Crippen molar-refractivity contribution in [1.29, 1.82) is 0 Å². The highest BCUT2D eigenvalue weighted by Crippen LogP contribution is 2.30. The van der Waals surface area contributed by atoms with Crippen LogP contribution >= 0.6 is 11.6 Å². The van der Waals surface area contributed by atoms with Crippen molar-refractivity contribution in [2.75, 3.05) is 6.61 Å². The molecule has 0 saturated carbocycles. The first-order valence-electron chi connectivity index (χ1n) is 7.18. The molecule has 2 aromatic carbocycles. The summed E-state index contributed by atoms with van der Waals surface area (Å²) in [4.78, 5) is 12.0. The van der Waals surface area contributed by atoms with E-state index in [9.17, 15) is 4.79 Å². The molecule has 1 heterocycles. The third kappa shape index (κ3) is 3.27. The molecule has 0 amide bonds. The van der Waals surface area contributed by atoms with E-state index < -0.39 is 0 Å². The average Bonchev–Trinajstić information content (AvgIpc) is 2.84. The molecule has 1 aliphatic heterocycles. The summed E-state index contributed by atoms with van der Waals surface area (Å²) in [5.74, 6) is 0.0112. The van der Waals surface area contributed by atoms with Gasteiger partial charge in [-0.15, -0.1) is 0 Å². The largest absolute Gasteiger partial charge is 0.465 e. The molecule has 0 aliphatic carbocycles. The van der Waals surface area contributed by atoms with E-state index in [0.717, 1.165) is 17.0 Å². The minimum Gasteiger partial charge on any atom is -0.465 e. The van der Waals surface area contributed by atoms with Gasteiger partial charge in [0.25, 0.3) is 0 Å². The van der Waals surface area contributed by atoms with Crippen LogP contribution < -0.4 is 0 Å². The highest BCUT2D eigenvalue weighted by Gasteiger charge is 2.37. The Bertz CT molecular complexity index is 624. The number of benzene rings is 2. The number of carbonyl (C=O) groups excluding carboxylic acids is 1. The lowest BCUT2D eigenvalue weighted by Gasteiger charge is -2.16.